The minimum Gasteiger partial charge on any atom is -0.481 e. The number of hydrogen-bond acceptors (Lipinski definition) is 5. The van der Waals surface area contributed by atoms with Crippen molar-refractivity contribution in [3.63, 3.8) is 0 Å². The van der Waals surface area contributed by atoms with E-state index in [9.17, 15) is 19.5 Å². The molecule has 1 aliphatic carbocycles. The zero-order valence-corrected chi connectivity index (χ0v) is 18.9. The van der Waals surface area contributed by atoms with Gasteiger partial charge in [-0.05, 0) is 51.7 Å². The number of nitrogens with one attached hydrogen (secondary N) is 1. The van der Waals surface area contributed by atoms with Gasteiger partial charge in [-0.15, -0.1) is 11.3 Å². The standard InChI is InChI=1S/C24H27NO5S/c1-13(2)30-24(29)20-19(18-11-14(3)9-10-15(18)4)12-31-22(20)25-21(26)16-7-5-6-8-17(16)23(27)28/h5-6,9-13,16-17H,7-8H2,1-4H3,(H,25,26)(H,27,28)/t16-,17+/m1/s1. The van der Waals surface area contributed by atoms with Crippen LogP contribution in [0.4, 0.5) is 5.00 Å². The summed E-state index contributed by atoms with van der Waals surface area (Å²) in [4.78, 5) is 37.6. The van der Waals surface area contributed by atoms with Crippen molar-refractivity contribution in [2.24, 2.45) is 11.8 Å². The minimum absolute atomic E-state index is 0.305. The molecule has 31 heavy (non-hydrogen) atoms. The number of carbonyl (C=O) groups excluding carboxylic acids is 2. The number of ether oxygens (including phenoxy) is 1. The topological polar surface area (TPSA) is 92.7 Å². The second kappa shape index (κ2) is 9.47. The highest BCUT2D eigenvalue weighted by Crippen LogP contribution is 2.39. The summed E-state index contributed by atoms with van der Waals surface area (Å²) in [6.45, 7) is 7.48. The lowest BCUT2D eigenvalue weighted by molar-refractivity contribution is -0.146. The fourth-order valence-electron chi connectivity index (χ4n) is 3.73. The molecule has 2 atom stereocenters. The van der Waals surface area contributed by atoms with Crippen LogP contribution < -0.4 is 5.32 Å². The van der Waals surface area contributed by atoms with E-state index in [2.05, 4.69) is 5.32 Å². The summed E-state index contributed by atoms with van der Waals surface area (Å²) in [5.74, 6) is -3.38. The Hall–Kier alpha value is -2.93. The zero-order valence-electron chi connectivity index (χ0n) is 18.1. The van der Waals surface area contributed by atoms with Crippen LogP contribution in [-0.4, -0.2) is 29.1 Å². The zero-order chi connectivity index (χ0) is 22.7. The van der Waals surface area contributed by atoms with Crippen LogP contribution in [0.1, 0.15) is 48.2 Å². The van der Waals surface area contributed by atoms with Gasteiger partial charge in [0.1, 0.15) is 10.6 Å². The summed E-state index contributed by atoms with van der Waals surface area (Å²) in [6.07, 6.45) is 3.96. The minimum atomic E-state index is -0.994. The molecule has 1 amide bonds. The first kappa shape index (κ1) is 22.7. The molecular weight excluding hydrogens is 414 g/mol. The molecule has 2 N–H and O–H groups in total. The molecule has 3 rings (SSSR count). The first-order valence-corrected chi connectivity index (χ1v) is 11.2. The highest BCUT2D eigenvalue weighted by Gasteiger charge is 2.35. The van der Waals surface area contributed by atoms with E-state index >= 15 is 0 Å². The molecule has 0 saturated heterocycles. The first-order chi connectivity index (χ1) is 14.7. The monoisotopic (exact) mass is 441 g/mol. The molecule has 0 unspecified atom stereocenters. The Kier molecular flexibility index (Phi) is 6.95. The van der Waals surface area contributed by atoms with Crippen LogP contribution >= 0.6 is 11.3 Å². The SMILES string of the molecule is Cc1ccc(C)c(-c2csc(NC(=O)[C@@H]3CC=CC[C@@H]3C(=O)O)c2C(=O)OC(C)C)c1. The molecule has 0 fully saturated rings. The van der Waals surface area contributed by atoms with Gasteiger partial charge >= 0.3 is 11.9 Å². The van der Waals surface area contributed by atoms with Crippen molar-refractivity contribution in [2.75, 3.05) is 5.32 Å². The van der Waals surface area contributed by atoms with Crippen molar-refractivity contribution in [1.82, 2.24) is 0 Å². The van der Waals surface area contributed by atoms with Gasteiger partial charge in [0.15, 0.2) is 0 Å². The number of aliphatic carboxylic acids is 1. The van der Waals surface area contributed by atoms with E-state index in [1.54, 1.807) is 19.9 Å². The van der Waals surface area contributed by atoms with Crippen LogP contribution in [-0.2, 0) is 14.3 Å². The summed E-state index contributed by atoms with van der Waals surface area (Å²) >= 11 is 1.24. The average Bonchev–Trinajstić information content (AvgIpc) is 3.12. The molecule has 0 saturated carbocycles. The van der Waals surface area contributed by atoms with Crippen LogP contribution in [0.2, 0.25) is 0 Å². The first-order valence-electron chi connectivity index (χ1n) is 10.3. The number of thiophene rings is 1. The maximum Gasteiger partial charge on any atom is 0.342 e. The third-order valence-electron chi connectivity index (χ3n) is 5.34. The number of hydrogen-bond donors (Lipinski definition) is 2. The number of anilines is 1. The molecule has 1 aliphatic rings. The highest BCUT2D eigenvalue weighted by atomic mass is 32.1. The lowest BCUT2D eigenvalue weighted by Crippen LogP contribution is -2.34. The van der Waals surface area contributed by atoms with Gasteiger partial charge in [0.05, 0.1) is 17.9 Å². The largest absolute Gasteiger partial charge is 0.481 e. The number of esters is 1. The summed E-state index contributed by atoms with van der Waals surface area (Å²) in [5, 5.41) is 14.5. The molecule has 0 spiro atoms. The lowest BCUT2D eigenvalue weighted by atomic mass is 9.82. The number of carboxylic acid groups (broad SMARTS) is 1. The van der Waals surface area contributed by atoms with Crippen molar-refractivity contribution in [2.45, 2.75) is 46.6 Å². The normalized spacial score (nSPS) is 18.1. The fraction of sp³-hybridized carbons (Fsp3) is 0.375. The van der Waals surface area contributed by atoms with E-state index in [-0.39, 0.29) is 6.10 Å². The van der Waals surface area contributed by atoms with Crippen molar-refractivity contribution in [3.05, 3.63) is 52.4 Å². The van der Waals surface area contributed by atoms with Gasteiger partial charge in [0, 0.05) is 10.9 Å². The van der Waals surface area contributed by atoms with Crippen LogP contribution in [0.15, 0.2) is 35.7 Å². The molecule has 7 heteroatoms. The second-order valence-electron chi connectivity index (χ2n) is 8.11. The quantitative estimate of drug-likeness (QED) is 0.475. The Labute approximate surface area is 185 Å². The molecule has 1 aromatic carbocycles. The Bertz CT molecular complexity index is 1040. The lowest BCUT2D eigenvalue weighted by Gasteiger charge is -2.24. The molecule has 0 bridgehead atoms. The Balaban J connectivity index is 2.00. The van der Waals surface area contributed by atoms with Gasteiger partial charge in [-0.25, -0.2) is 4.79 Å². The predicted octanol–water partition coefficient (Wildman–Crippen LogP) is 5.20. The van der Waals surface area contributed by atoms with Crippen LogP contribution in [0.3, 0.4) is 0 Å². The third-order valence-corrected chi connectivity index (χ3v) is 6.24. The van der Waals surface area contributed by atoms with Crippen LogP contribution in [0.25, 0.3) is 11.1 Å². The maximum absolute atomic E-state index is 13.0. The van der Waals surface area contributed by atoms with Crippen molar-refractivity contribution in [3.8, 4) is 11.1 Å². The summed E-state index contributed by atoms with van der Waals surface area (Å²) in [6, 6.07) is 5.99. The predicted molar refractivity (Wildman–Crippen MR) is 121 cm³/mol. The molecule has 6 nitrogen and oxygen atoms in total. The number of rotatable bonds is 6. The molecule has 0 aliphatic heterocycles. The summed E-state index contributed by atoms with van der Waals surface area (Å²) in [5.41, 5.74) is 3.96. The number of carboxylic acids is 1. The highest BCUT2D eigenvalue weighted by molar-refractivity contribution is 7.15. The third kappa shape index (κ3) is 5.05. The van der Waals surface area contributed by atoms with E-state index in [1.807, 2.05) is 43.5 Å². The van der Waals surface area contributed by atoms with E-state index in [1.165, 1.54) is 11.3 Å². The average molecular weight is 442 g/mol. The number of benzene rings is 1. The molecular formula is C24H27NO5S. The number of aryl methyl sites for hydroxylation is 2. The van der Waals surface area contributed by atoms with E-state index in [4.69, 9.17) is 4.74 Å². The van der Waals surface area contributed by atoms with Gasteiger partial charge in [-0.2, -0.15) is 0 Å². The van der Waals surface area contributed by atoms with Crippen molar-refractivity contribution in [1.29, 1.82) is 0 Å². The summed E-state index contributed by atoms with van der Waals surface area (Å²) < 4.78 is 5.47. The molecule has 1 aromatic heterocycles. The van der Waals surface area contributed by atoms with Crippen molar-refractivity contribution < 1.29 is 24.2 Å². The van der Waals surface area contributed by atoms with Crippen LogP contribution in [0.5, 0.6) is 0 Å². The number of allylic oxidation sites excluding steroid dienone is 2. The van der Waals surface area contributed by atoms with Crippen LogP contribution in [0, 0.1) is 25.7 Å². The van der Waals surface area contributed by atoms with Gasteiger partial charge in [-0.3, -0.25) is 9.59 Å². The van der Waals surface area contributed by atoms with Crippen molar-refractivity contribution >= 4 is 34.2 Å². The Morgan fingerprint density at radius 1 is 1.10 bits per heavy atom. The summed E-state index contributed by atoms with van der Waals surface area (Å²) in [7, 11) is 0. The van der Waals surface area contributed by atoms with Gasteiger partial charge in [-0.1, -0.05) is 35.9 Å². The molecule has 1 heterocycles. The molecule has 2 aromatic rings. The van der Waals surface area contributed by atoms with E-state index < -0.39 is 29.7 Å². The fourth-order valence-corrected chi connectivity index (χ4v) is 4.68. The molecule has 0 radical (unpaired) electrons. The van der Waals surface area contributed by atoms with Gasteiger partial charge < -0.3 is 15.2 Å². The number of amides is 1. The van der Waals surface area contributed by atoms with Gasteiger partial charge in [0.25, 0.3) is 0 Å². The van der Waals surface area contributed by atoms with E-state index in [0.717, 1.165) is 16.7 Å². The Morgan fingerprint density at radius 2 is 1.77 bits per heavy atom. The Morgan fingerprint density at radius 3 is 2.42 bits per heavy atom. The van der Waals surface area contributed by atoms with E-state index in [0.29, 0.717) is 29.0 Å². The smallest absolute Gasteiger partial charge is 0.342 e. The molecule has 164 valence electrons. The number of carbonyl (C=O) groups is 3. The maximum atomic E-state index is 13.0. The second-order valence-corrected chi connectivity index (χ2v) is 8.99. The van der Waals surface area contributed by atoms with Gasteiger partial charge in [0.2, 0.25) is 5.91 Å².